The second-order valence-corrected chi connectivity index (χ2v) is 4.60. The van der Waals surface area contributed by atoms with Crippen LogP contribution in [0.25, 0.3) is 11.1 Å². The number of hydrogen-bond acceptors (Lipinski definition) is 2. The van der Waals surface area contributed by atoms with Crippen molar-refractivity contribution in [3.63, 3.8) is 0 Å². The van der Waals surface area contributed by atoms with Crippen LogP contribution < -0.4 is 0 Å². The lowest BCUT2D eigenvalue weighted by Crippen LogP contribution is -1.91. The Hall–Kier alpha value is -1.64. The van der Waals surface area contributed by atoms with Crippen LogP contribution in [0.15, 0.2) is 48.5 Å². The largest absolute Gasteiger partial charge is 0.389 e. The Labute approximate surface area is 108 Å². The molecule has 18 heavy (non-hydrogen) atoms. The Morgan fingerprint density at radius 3 is 1.11 bits per heavy atom. The molecule has 0 saturated carbocycles. The Bertz CT molecular complexity index is 446. The summed E-state index contributed by atoms with van der Waals surface area (Å²) in [5.74, 6) is 0. The zero-order valence-electron chi connectivity index (χ0n) is 10.7. The van der Waals surface area contributed by atoms with Crippen molar-refractivity contribution in [2.75, 3.05) is 0 Å². The summed E-state index contributed by atoms with van der Waals surface area (Å²) in [6.45, 7) is 3.51. The normalized spacial score (nSPS) is 14.2. The zero-order chi connectivity index (χ0) is 13.1. The molecule has 2 N–H and O–H groups in total. The van der Waals surface area contributed by atoms with Gasteiger partial charge in [0.15, 0.2) is 0 Å². The van der Waals surface area contributed by atoms with Gasteiger partial charge in [0.2, 0.25) is 0 Å². The number of rotatable bonds is 3. The number of hydrogen-bond donors (Lipinski definition) is 2. The van der Waals surface area contributed by atoms with Gasteiger partial charge in [-0.15, -0.1) is 0 Å². The smallest absolute Gasteiger partial charge is 0.0761 e. The van der Waals surface area contributed by atoms with Crippen molar-refractivity contribution < 1.29 is 10.2 Å². The van der Waals surface area contributed by atoms with Gasteiger partial charge in [0.25, 0.3) is 0 Å². The molecule has 2 atom stereocenters. The molecule has 2 aromatic carbocycles. The minimum Gasteiger partial charge on any atom is -0.389 e. The molecule has 0 aromatic heterocycles. The van der Waals surface area contributed by atoms with Crippen LogP contribution in [0.2, 0.25) is 0 Å². The lowest BCUT2D eigenvalue weighted by atomic mass is 10.0. The maximum Gasteiger partial charge on any atom is 0.0761 e. The van der Waals surface area contributed by atoms with E-state index in [1.54, 1.807) is 13.8 Å². The van der Waals surface area contributed by atoms with E-state index in [0.29, 0.717) is 0 Å². The zero-order valence-corrected chi connectivity index (χ0v) is 10.7. The number of benzene rings is 2. The minimum atomic E-state index is -0.434. The van der Waals surface area contributed by atoms with Crippen molar-refractivity contribution in [1.82, 2.24) is 0 Å². The van der Waals surface area contributed by atoms with Gasteiger partial charge in [0, 0.05) is 0 Å². The lowest BCUT2D eigenvalue weighted by molar-refractivity contribution is 0.199. The second kappa shape index (κ2) is 5.34. The first-order valence-electron chi connectivity index (χ1n) is 6.14. The first kappa shape index (κ1) is 12.8. The van der Waals surface area contributed by atoms with Gasteiger partial charge >= 0.3 is 0 Å². The van der Waals surface area contributed by atoms with Crippen LogP contribution in [0.1, 0.15) is 37.2 Å². The standard InChI is InChI=1S/C16H18O2/c1-11(17)13-3-7-15(8-4-13)16-9-5-14(6-10-16)12(2)18/h3-12,17-18H,1-2H3/t11-,12-/m1/s1. The van der Waals surface area contributed by atoms with Crippen LogP contribution in [0, 0.1) is 0 Å². The van der Waals surface area contributed by atoms with E-state index in [2.05, 4.69) is 0 Å². The van der Waals surface area contributed by atoms with E-state index in [1.807, 2.05) is 48.5 Å². The van der Waals surface area contributed by atoms with Gasteiger partial charge in [-0.3, -0.25) is 0 Å². The molecule has 0 radical (unpaired) electrons. The van der Waals surface area contributed by atoms with Crippen LogP contribution >= 0.6 is 0 Å². The van der Waals surface area contributed by atoms with Gasteiger partial charge in [0.1, 0.15) is 0 Å². The molecule has 2 rings (SSSR count). The molecule has 0 amide bonds. The van der Waals surface area contributed by atoms with Crippen molar-refractivity contribution in [3.8, 4) is 11.1 Å². The predicted molar refractivity (Wildman–Crippen MR) is 73.1 cm³/mol. The highest BCUT2D eigenvalue weighted by Crippen LogP contribution is 2.23. The molecule has 0 heterocycles. The van der Waals surface area contributed by atoms with E-state index in [-0.39, 0.29) is 0 Å². The molecule has 0 aliphatic rings. The molecule has 0 spiro atoms. The molecule has 0 bridgehead atoms. The SMILES string of the molecule is C[C@@H](O)c1ccc(-c2ccc([C@@H](C)O)cc2)cc1. The third-order valence-corrected chi connectivity index (χ3v) is 3.12. The predicted octanol–water partition coefficient (Wildman–Crippen LogP) is 3.46. The number of aliphatic hydroxyl groups is 2. The molecule has 0 unspecified atom stereocenters. The lowest BCUT2D eigenvalue weighted by Gasteiger charge is -2.08. The van der Waals surface area contributed by atoms with Crippen molar-refractivity contribution in [2.24, 2.45) is 0 Å². The molecule has 0 aliphatic heterocycles. The summed E-state index contributed by atoms with van der Waals surface area (Å²) < 4.78 is 0. The van der Waals surface area contributed by atoms with E-state index in [1.165, 1.54) is 0 Å². The molecule has 0 aliphatic carbocycles. The van der Waals surface area contributed by atoms with Crippen molar-refractivity contribution in [2.45, 2.75) is 26.1 Å². The summed E-state index contributed by atoms with van der Waals surface area (Å²) in [6, 6.07) is 15.7. The third kappa shape index (κ3) is 2.78. The average molecular weight is 242 g/mol. The van der Waals surface area contributed by atoms with E-state index in [9.17, 15) is 10.2 Å². The summed E-state index contributed by atoms with van der Waals surface area (Å²) in [5, 5.41) is 18.9. The quantitative estimate of drug-likeness (QED) is 0.865. The first-order chi connectivity index (χ1) is 8.58. The topological polar surface area (TPSA) is 40.5 Å². The van der Waals surface area contributed by atoms with Crippen molar-refractivity contribution in [1.29, 1.82) is 0 Å². The monoisotopic (exact) mass is 242 g/mol. The third-order valence-electron chi connectivity index (χ3n) is 3.12. The van der Waals surface area contributed by atoms with Gasteiger partial charge in [-0.2, -0.15) is 0 Å². The van der Waals surface area contributed by atoms with E-state index in [4.69, 9.17) is 0 Å². The Morgan fingerprint density at radius 1 is 0.611 bits per heavy atom. The minimum absolute atomic E-state index is 0.434. The van der Waals surface area contributed by atoms with E-state index >= 15 is 0 Å². The summed E-state index contributed by atoms with van der Waals surface area (Å²) in [4.78, 5) is 0. The van der Waals surface area contributed by atoms with E-state index < -0.39 is 12.2 Å². The fourth-order valence-electron chi connectivity index (χ4n) is 1.91. The van der Waals surface area contributed by atoms with Crippen LogP contribution in [0.4, 0.5) is 0 Å². The van der Waals surface area contributed by atoms with Gasteiger partial charge in [-0.05, 0) is 36.1 Å². The molecule has 2 nitrogen and oxygen atoms in total. The molecular weight excluding hydrogens is 224 g/mol. The van der Waals surface area contributed by atoms with Crippen LogP contribution in [0.5, 0.6) is 0 Å². The second-order valence-electron chi connectivity index (χ2n) is 4.60. The van der Waals surface area contributed by atoms with E-state index in [0.717, 1.165) is 22.3 Å². The summed E-state index contributed by atoms with van der Waals surface area (Å²) >= 11 is 0. The Kier molecular flexibility index (Phi) is 3.80. The average Bonchev–Trinajstić information content (AvgIpc) is 2.39. The molecule has 2 aromatic rings. The Balaban J connectivity index is 2.25. The van der Waals surface area contributed by atoms with Crippen molar-refractivity contribution >= 4 is 0 Å². The maximum absolute atomic E-state index is 9.45. The van der Waals surface area contributed by atoms with Gasteiger partial charge in [0.05, 0.1) is 12.2 Å². The number of aliphatic hydroxyl groups excluding tert-OH is 2. The van der Waals surface area contributed by atoms with Crippen LogP contribution in [-0.4, -0.2) is 10.2 Å². The summed E-state index contributed by atoms with van der Waals surface area (Å²) in [5.41, 5.74) is 4.05. The van der Waals surface area contributed by atoms with Crippen LogP contribution in [0.3, 0.4) is 0 Å². The highest BCUT2D eigenvalue weighted by Gasteiger charge is 2.03. The van der Waals surface area contributed by atoms with Crippen LogP contribution in [-0.2, 0) is 0 Å². The Morgan fingerprint density at radius 2 is 0.889 bits per heavy atom. The maximum atomic E-state index is 9.45. The fraction of sp³-hybridized carbons (Fsp3) is 0.250. The first-order valence-corrected chi connectivity index (χ1v) is 6.14. The fourth-order valence-corrected chi connectivity index (χ4v) is 1.91. The molecule has 2 heteroatoms. The van der Waals surface area contributed by atoms with Gasteiger partial charge < -0.3 is 10.2 Å². The molecular formula is C16H18O2. The van der Waals surface area contributed by atoms with Crippen molar-refractivity contribution in [3.05, 3.63) is 59.7 Å². The van der Waals surface area contributed by atoms with Gasteiger partial charge in [-0.1, -0.05) is 48.5 Å². The highest BCUT2D eigenvalue weighted by atomic mass is 16.3. The summed E-state index contributed by atoms with van der Waals surface area (Å²) in [7, 11) is 0. The van der Waals surface area contributed by atoms with Gasteiger partial charge in [-0.25, -0.2) is 0 Å². The molecule has 0 saturated heterocycles. The molecule has 94 valence electrons. The highest BCUT2D eigenvalue weighted by molar-refractivity contribution is 5.64. The molecule has 0 fully saturated rings. The summed E-state index contributed by atoms with van der Waals surface area (Å²) in [6.07, 6.45) is -0.867.